The van der Waals surface area contributed by atoms with Crippen LogP contribution in [0.15, 0.2) is 27.5 Å². The van der Waals surface area contributed by atoms with Gasteiger partial charge >= 0.3 is 5.63 Å². The van der Waals surface area contributed by atoms with Crippen molar-refractivity contribution >= 4 is 5.91 Å². The highest BCUT2D eigenvalue weighted by molar-refractivity contribution is 5.95. The van der Waals surface area contributed by atoms with Gasteiger partial charge in [0.05, 0.1) is 0 Å². The molecule has 1 unspecified atom stereocenters. The lowest BCUT2D eigenvalue weighted by atomic mass is 10.1. The first-order chi connectivity index (χ1) is 12.0. The minimum absolute atomic E-state index is 0.110. The quantitative estimate of drug-likeness (QED) is 0.840. The topological polar surface area (TPSA) is 72.6 Å². The molecule has 4 heterocycles. The summed E-state index contributed by atoms with van der Waals surface area (Å²) in [5, 5.41) is 0. The molecule has 6 nitrogen and oxygen atoms in total. The number of carbonyl (C=O) groups is 1. The minimum Gasteiger partial charge on any atom is -0.424 e. The zero-order valence-electron chi connectivity index (χ0n) is 14.4. The molecule has 2 aliphatic heterocycles. The van der Waals surface area contributed by atoms with Gasteiger partial charge in [-0.2, -0.15) is 0 Å². The minimum atomic E-state index is -0.583. The van der Waals surface area contributed by atoms with Crippen LogP contribution in [0.4, 0.5) is 0 Å². The fourth-order valence-corrected chi connectivity index (χ4v) is 3.55. The van der Waals surface area contributed by atoms with Crippen LogP contribution >= 0.6 is 0 Å². The SMILES string of the molecule is Cc1cc2c(cn1)CN(C(=O)c1c(C)cc(C3CCCO3)oc1=O)C2. The van der Waals surface area contributed by atoms with Gasteiger partial charge in [-0.1, -0.05) is 0 Å². The molecule has 1 fully saturated rings. The second kappa shape index (κ2) is 6.11. The van der Waals surface area contributed by atoms with Crippen LogP contribution in [0.2, 0.25) is 0 Å². The maximum Gasteiger partial charge on any atom is 0.349 e. The molecule has 2 aromatic rings. The van der Waals surface area contributed by atoms with Crippen molar-refractivity contribution in [2.45, 2.75) is 45.9 Å². The van der Waals surface area contributed by atoms with Gasteiger partial charge in [-0.3, -0.25) is 9.78 Å². The smallest absolute Gasteiger partial charge is 0.349 e. The van der Waals surface area contributed by atoms with E-state index in [-0.39, 0.29) is 17.6 Å². The van der Waals surface area contributed by atoms with E-state index in [1.165, 1.54) is 0 Å². The molecule has 0 spiro atoms. The van der Waals surface area contributed by atoms with Gasteiger partial charge in [-0.15, -0.1) is 0 Å². The largest absolute Gasteiger partial charge is 0.424 e. The number of carbonyl (C=O) groups excluding carboxylic acids is 1. The molecular weight excluding hydrogens is 320 g/mol. The van der Waals surface area contributed by atoms with Crippen molar-refractivity contribution < 1.29 is 13.9 Å². The summed E-state index contributed by atoms with van der Waals surface area (Å²) in [4.78, 5) is 31.3. The Bertz CT molecular complexity index is 897. The summed E-state index contributed by atoms with van der Waals surface area (Å²) in [7, 11) is 0. The van der Waals surface area contributed by atoms with Crippen molar-refractivity contribution in [2.24, 2.45) is 0 Å². The highest BCUT2D eigenvalue weighted by Gasteiger charge is 2.29. The first-order valence-corrected chi connectivity index (χ1v) is 8.53. The third kappa shape index (κ3) is 2.87. The maximum atomic E-state index is 12.9. The van der Waals surface area contributed by atoms with Crippen LogP contribution in [0.3, 0.4) is 0 Å². The van der Waals surface area contributed by atoms with Crippen molar-refractivity contribution in [3.63, 3.8) is 0 Å². The van der Waals surface area contributed by atoms with Crippen molar-refractivity contribution in [3.05, 3.63) is 62.5 Å². The summed E-state index contributed by atoms with van der Waals surface area (Å²) >= 11 is 0. The summed E-state index contributed by atoms with van der Waals surface area (Å²) in [5.41, 5.74) is 3.19. The van der Waals surface area contributed by atoms with Gasteiger partial charge < -0.3 is 14.1 Å². The van der Waals surface area contributed by atoms with E-state index in [4.69, 9.17) is 9.15 Å². The van der Waals surface area contributed by atoms with Gasteiger partial charge in [0.25, 0.3) is 5.91 Å². The molecule has 0 aromatic carbocycles. The van der Waals surface area contributed by atoms with Crippen LogP contribution in [0.5, 0.6) is 0 Å². The van der Waals surface area contributed by atoms with Gasteiger partial charge in [-0.25, -0.2) is 4.79 Å². The fourth-order valence-electron chi connectivity index (χ4n) is 3.55. The van der Waals surface area contributed by atoms with Crippen molar-refractivity contribution in [2.75, 3.05) is 6.61 Å². The number of rotatable bonds is 2. The third-order valence-corrected chi connectivity index (χ3v) is 4.86. The van der Waals surface area contributed by atoms with E-state index in [1.54, 1.807) is 24.1 Å². The lowest BCUT2D eigenvalue weighted by Gasteiger charge is -2.17. The molecule has 1 amide bonds. The van der Waals surface area contributed by atoms with E-state index in [2.05, 4.69) is 4.98 Å². The fraction of sp³-hybridized carbons (Fsp3) is 0.421. The number of ether oxygens (including phenoxy) is 1. The Morgan fingerprint density at radius 2 is 2.04 bits per heavy atom. The van der Waals surface area contributed by atoms with Crippen LogP contribution in [0.1, 0.15) is 57.4 Å². The van der Waals surface area contributed by atoms with E-state index in [0.717, 1.165) is 29.7 Å². The Labute approximate surface area is 145 Å². The molecule has 4 rings (SSSR count). The lowest BCUT2D eigenvalue weighted by molar-refractivity contribution is 0.0736. The molecule has 1 saturated heterocycles. The molecule has 0 aliphatic carbocycles. The number of hydrogen-bond donors (Lipinski definition) is 0. The van der Waals surface area contributed by atoms with E-state index in [0.29, 0.717) is 31.0 Å². The average molecular weight is 340 g/mol. The van der Waals surface area contributed by atoms with Crippen LogP contribution < -0.4 is 5.63 Å². The molecule has 0 bridgehead atoms. The van der Waals surface area contributed by atoms with E-state index >= 15 is 0 Å². The number of aryl methyl sites for hydroxylation is 2. The number of nitrogens with zero attached hydrogens (tertiary/aromatic N) is 2. The standard InChI is InChI=1S/C19H20N2O4/c1-11-6-16(15-4-3-5-24-15)25-19(23)17(11)18(22)21-9-13-7-12(2)20-8-14(13)10-21/h6-8,15H,3-5,9-10H2,1-2H3. The van der Waals surface area contributed by atoms with E-state index in [1.807, 2.05) is 13.0 Å². The first-order valence-electron chi connectivity index (χ1n) is 8.53. The number of hydrogen-bond acceptors (Lipinski definition) is 5. The van der Waals surface area contributed by atoms with Gasteiger partial charge in [0.2, 0.25) is 0 Å². The van der Waals surface area contributed by atoms with Crippen LogP contribution in [-0.4, -0.2) is 22.4 Å². The molecule has 25 heavy (non-hydrogen) atoms. The number of fused-ring (bicyclic) bond motifs is 1. The Morgan fingerprint density at radius 1 is 1.24 bits per heavy atom. The van der Waals surface area contributed by atoms with Gasteiger partial charge in [-0.05, 0) is 55.5 Å². The van der Waals surface area contributed by atoms with Crippen molar-refractivity contribution in [3.8, 4) is 0 Å². The van der Waals surface area contributed by atoms with Crippen LogP contribution in [-0.2, 0) is 17.8 Å². The predicted molar refractivity (Wildman–Crippen MR) is 90.2 cm³/mol. The highest BCUT2D eigenvalue weighted by Crippen LogP contribution is 2.29. The predicted octanol–water partition coefficient (Wildman–Crippen LogP) is 2.66. The zero-order valence-corrected chi connectivity index (χ0v) is 14.4. The van der Waals surface area contributed by atoms with Gasteiger partial charge in [0.15, 0.2) is 0 Å². The Morgan fingerprint density at radius 3 is 2.76 bits per heavy atom. The summed E-state index contributed by atoms with van der Waals surface area (Å²) in [5.74, 6) is 0.222. The van der Waals surface area contributed by atoms with Crippen LogP contribution in [0, 0.1) is 13.8 Å². The van der Waals surface area contributed by atoms with Crippen molar-refractivity contribution in [1.82, 2.24) is 9.88 Å². The van der Waals surface area contributed by atoms with Crippen LogP contribution in [0.25, 0.3) is 0 Å². The number of aromatic nitrogens is 1. The summed E-state index contributed by atoms with van der Waals surface area (Å²) in [6, 6.07) is 3.75. The molecule has 0 radical (unpaired) electrons. The third-order valence-electron chi connectivity index (χ3n) is 4.86. The van der Waals surface area contributed by atoms with Crippen molar-refractivity contribution in [1.29, 1.82) is 0 Å². The summed E-state index contributed by atoms with van der Waals surface area (Å²) < 4.78 is 11.0. The molecule has 2 aliphatic rings. The number of pyridine rings is 1. The second-order valence-corrected chi connectivity index (χ2v) is 6.75. The second-order valence-electron chi connectivity index (χ2n) is 6.75. The Kier molecular flexibility index (Phi) is 3.92. The molecule has 130 valence electrons. The molecule has 2 aromatic heterocycles. The summed E-state index contributed by atoms with van der Waals surface area (Å²) in [6.07, 6.45) is 3.41. The van der Waals surface area contributed by atoms with E-state index < -0.39 is 5.63 Å². The maximum absolute atomic E-state index is 12.9. The zero-order chi connectivity index (χ0) is 17.6. The first kappa shape index (κ1) is 16.0. The van der Waals surface area contributed by atoms with Gasteiger partial charge in [0, 0.05) is 31.6 Å². The molecule has 6 heteroatoms. The molecule has 1 atom stereocenters. The monoisotopic (exact) mass is 340 g/mol. The highest BCUT2D eigenvalue weighted by atomic mass is 16.5. The molecule has 0 N–H and O–H groups in total. The lowest BCUT2D eigenvalue weighted by Crippen LogP contribution is -2.31. The average Bonchev–Trinajstić information content (AvgIpc) is 3.23. The Balaban J connectivity index is 1.62. The van der Waals surface area contributed by atoms with Gasteiger partial charge in [0.1, 0.15) is 17.4 Å². The number of amides is 1. The Hall–Kier alpha value is -2.47. The molecular formula is C19H20N2O4. The molecule has 0 saturated carbocycles. The normalized spacial score (nSPS) is 19.3. The summed E-state index contributed by atoms with van der Waals surface area (Å²) in [6.45, 7) is 5.33. The van der Waals surface area contributed by atoms with E-state index in [9.17, 15) is 9.59 Å².